The summed E-state index contributed by atoms with van der Waals surface area (Å²) in [6.45, 7) is 4.18. The molecule has 5 heteroatoms. The molecular weight excluding hydrogens is 320 g/mol. The van der Waals surface area contributed by atoms with Gasteiger partial charge in [-0.05, 0) is 38.1 Å². The first kappa shape index (κ1) is 14.6. The number of rotatable bonds is 4. The molecule has 0 N–H and O–H groups in total. The van der Waals surface area contributed by atoms with Gasteiger partial charge in [0.05, 0.1) is 14.2 Å². The van der Waals surface area contributed by atoms with Crippen molar-refractivity contribution in [2.45, 2.75) is 13.8 Å². The Morgan fingerprint density at radius 1 is 0.667 bits per heavy atom. The van der Waals surface area contributed by atoms with Gasteiger partial charge in [-0.3, -0.25) is 0 Å². The first-order chi connectivity index (χ1) is 10.1. The second-order valence-corrected chi connectivity index (χ2v) is 8.23. The first-order valence-corrected chi connectivity index (χ1v) is 8.96. The van der Waals surface area contributed by atoms with Crippen LogP contribution in [-0.2, 0) is 0 Å². The van der Waals surface area contributed by atoms with Crippen LogP contribution in [0.15, 0.2) is 24.3 Å². The van der Waals surface area contributed by atoms with E-state index in [1.807, 2.05) is 11.3 Å². The van der Waals surface area contributed by atoms with Crippen molar-refractivity contribution in [1.82, 2.24) is 0 Å². The maximum absolute atomic E-state index is 5.37. The van der Waals surface area contributed by atoms with Gasteiger partial charge in [-0.15, -0.1) is 34.0 Å². The summed E-state index contributed by atoms with van der Waals surface area (Å²) in [7, 11) is 3.44. The molecular formula is C16H16O2S3. The van der Waals surface area contributed by atoms with Gasteiger partial charge in [-0.2, -0.15) is 0 Å². The van der Waals surface area contributed by atoms with E-state index in [1.54, 1.807) is 36.9 Å². The van der Waals surface area contributed by atoms with Crippen molar-refractivity contribution in [3.8, 4) is 31.0 Å². The molecule has 0 saturated carbocycles. The van der Waals surface area contributed by atoms with Crippen LogP contribution in [0.5, 0.6) is 11.5 Å². The highest BCUT2D eigenvalue weighted by atomic mass is 32.1. The van der Waals surface area contributed by atoms with Crippen LogP contribution in [0.4, 0.5) is 0 Å². The molecule has 0 atom stereocenters. The summed E-state index contributed by atoms with van der Waals surface area (Å²) in [6.07, 6.45) is 0. The van der Waals surface area contributed by atoms with E-state index < -0.39 is 0 Å². The van der Waals surface area contributed by atoms with Crippen molar-refractivity contribution in [2.24, 2.45) is 0 Å². The summed E-state index contributed by atoms with van der Waals surface area (Å²) in [5.74, 6) is 1.94. The van der Waals surface area contributed by atoms with Gasteiger partial charge < -0.3 is 9.47 Å². The molecule has 3 heterocycles. The predicted octanol–water partition coefficient (Wildman–Crippen LogP) is 5.84. The summed E-state index contributed by atoms with van der Waals surface area (Å²) in [6, 6.07) is 8.62. The molecule has 0 aliphatic heterocycles. The Labute approximate surface area is 136 Å². The smallest absolute Gasteiger partial charge is 0.133 e. The van der Waals surface area contributed by atoms with E-state index in [4.69, 9.17) is 9.47 Å². The van der Waals surface area contributed by atoms with Crippen molar-refractivity contribution in [2.75, 3.05) is 14.2 Å². The molecule has 110 valence electrons. The lowest BCUT2D eigenvalue weighted by Crippen LogP contribution is -1.79. The molecule has 0 saturated heterocycles. The Bertz CT molecular complexity index is 702. The first-order valence-electron chi connectivity index (χ1n) is 6.51. The molecule has 0 fully saturated rings. The van der Waals surface area contributed by atoms with E-state index in [2.05, 4.69) is 38.1 Å². The zero-order valence-corrected chi connectivity index (χ0v) is 14.8. The van der Waals surface area contributed by atoms with Crippen LogP contribution in [0, 0.1) is 13.8 Å². The lowest BCUT2D eigenvalue weighted by atomic mass is 10.3. The Kier molecular flexibility index (Phi) is 4.06. The SMILES string of the molecule is COc1cc(-c2ccc(-c3cc(OC)c(C)s3)s2)sc1C. The largest absolute Gasteiger partial charge is 0.496 e. The monoisotopic (exact) mass is 336 g/mol. The van der Waals surface area contributed by atoms with E-state index in [1.165, 1.54) is 29.3 Å². The van der Waals surface area contributed by atoms with E-state index in [0.29, 0.717) is 0 Å². The van der Waals surface area contributed by atoms with Crippen molar-refractivity contribution in [3.05, 3.63) is 34.0 Å². The second-order valence-electron chi connectivity index (χ2n) is 4.63. The number of aryl methyl sites for hydroxylation is 2. The highest BCUT2D eigenvalue weighted by Gasteiger charge is 2.13. The minimum atomic E-state index is 0.971. The van der Waals surface area contributed by atoms with Crippen LogP contribution in [0.25, 0.3) is 19.5 Å². The fourth-order valence-corrected chi connectivity index (χ4v) is 5.32. The van der Waals surface area contributed by atoms with E-state index >= 15 is 0 Å². The molecule has 3 aromatic heterocycles. The van der Waals surface area contributed by atoms with E-state index in [-0.39, 0.29) is 0 Å². The van der Waals surface area contributed by atoms with Gasteiger partial charge in [-0.25, -0.2) is 0 Å². The standard InChI is InChI=1S/C16H16O2S3/c1-9-11(17-3)7-15(19-9)13-5-6-14(21-13)16-8-12(18-4)10(2)20-16/h5-8H,1-4H3. The van der Waals surface area contributed by atoms with Gasteiger partial charge in [0.15, 0.2) is 0 Å². The molecule has 0 unspecified atom stereocenters. The number of hydrogen-bond acceptors (Lipinski definition) is 5. The highest BCUT2D eigenvalue weighted by Crippen LogP contribution is 2.44. The van der Waals surface area contributed by atoms with Crippen molar-refractivity contribution in [3.63, 3.8) is 0 Å². The quantitative estimate of drug-likeness (QED) is 0.596. The zero-order chi connectivity index (χ0) is 15.0. The lowest BCUT2D eigenvalue weighted by molar-refractivity contribution is 0.414. The number of thiophene rings is 3. The average molecular weight is 337 g/mol. The Morgan fingerprint density at radius 2 is 1.10 bits per heavy atom. The highest BCUT2D eigenvalue weighted by molar-refractivity contribution is 7.26. The maximum atomic E-state index is 5.37. The Morgan fingerprint density at radius 3 is 1.43 bits per heavy atom. The molecule has 0 aliphatic carbocycles. The Hall–Kier alpha value is -1.30. The number of methoxy groups -OCH3 is 2. The van der Waals surface area contributed by atoms with Crippen molar-refractivity contribution >= 4 is 34.0 Å². The third-order valence-corrected chi connectivity index (χ3v) is 6.82. The molecule has 0 aliphatic rings. The molecule has 0 amide bonds. The van der Waals surface area contributed by atoms with Crippen molar-refractivity contribution < 1.29 is 9.47 Å². The van der Waals surface area contributed by atoms with Crippen LogP contribution in [0.1, 0.15) is 9.75 Å². The molecule has 3 aromatic rings. The summed E-state index contributed by atoms with van der Waals surface area (Å²) < 4.78 is 10.7. The van der Waals surface area contributed by atoms with Crippen LogP contribution < -0.4 is 9.47 Å². The van der Waals surface area contributed by atoms with Gasteiger partial charge >= 0.3 is 0 Å². The number of hydrogen-bond donors (Lipinski definition) is 0. The summed E-state index contributed by atoms with van der Waals surface area (Å²) in [5.41, 5.74) is 0. The lowest BCUT2D eigenvalue weighted by Gasteiger charge is -1.93. The van der Waals surface area contributed by atoms with E-state index in [9.17, 15) is 0 Å². The third-order valence-electron chi connectivity index (χ3n) is 3.28. The predicted molar refractivity (Wildman–Crippen MR) is 93.5 cm³/mol. The molecule has 21 heavy (non-hydrogen) atoms. The van der Waals surface area contributed by atoms with E-state index in [0.717, 1.165) is 11.5 Å². The summed E-state index contributed by atoms with van der Waals surface area (Å²) >= 11 is 5.37. The summed E-state index contributed by atoms with van der Waals surface area (Å²) in [5, 5.41) is 0. The van der Waals surface area contributed by atoms with Crippen LogP contribution in [-0.4, -0.2) is 14.2 Å². The average Bonchev–Trinajstić information content (AvgIpc) is 3.16. The number of ether oxygens (including phenoxy) is 2. The fourth-order valence-electron chi connectivity index (χ4n) is 2.18. The topological polar surface area (TPSA) is 18.5 Å². The van der Waals surface area contributed by atoms with Crippen LogP contribution >= 0.6 is 34.0 Å². The summed E-state index contributed by atoms with van der Waals surface area (Å²) in [4.78, 5) is 7.53. The van der Waals surface area contributed by atoms with Crippen LogP contribution in [0.3, 0.4) is 0 Å². The van der Waals surface area contributed by atoms with Gasteiger partial charge in [0.2, 0.25) is 0 Å². The molecule has 2 nitrogen and oxygen atoms in total. The van der Waals surface area contributed by atoms with Gasteiger partial charge in [0.25, 0.3) is 0 Å². The molecule has 3 rings (SSSR count). The molecule has 0 aromatic carbocycles. The zero-order valence-electron chi connectivity index (χ0n) is 12.4. The third kappa shape index (κ3) is 2.73. The normalized spacial score (nSPS) is 10.9. The van der Waals surface area contributed by atoms with Crippen molar-refractivity contribution in [1.29, 1.82) is 0 Å². The Balaban J connectivity index is 1.95. The second kappa shape index (κ2) is 5.83. The van der Waals surface area contributed by atoms with Crippen LogP contribution in [0.2, 0.25) is 0 Å². The minimum Gasteiger partial charge on any atom is -0.496 e. The fraction of sp³-hybridized carbons (Fsp3) is 0.250. The maximum Gasteiger partial charge on any atom is 0.133 e. The van der Waals surface area contributed by atoms with Gasteiger partial charge in [0, 0.05) is 29.3 Å². The van der Waals surface area contributed by atoms with Gasteiger partial charge in [0.1, 0.15) is 11.5 Å². The molecule has 0 radical (unpaired) electrons. The molecule has 0 spiro atoms. The minimum absolute atomic E-state index is 0.971. The van der Waals surface area contributed by atoms with Gasteiger partial charge in [-0.1, -0.05) is 0 Å². The molecule has 0 bridgehead atoms.